The van der Waals surface area contributed by atoms with E-state index < -0.39 is 0 Å². The Balaban J connectivity index is 1.43. The van der Waals surface area contributed by atoms with Crippen molar-refractivity contribution in [1.29, 1.82) is 0 Å². The number of anilines is 1. The largest absolute Gasteiger partial charge is 0.475 e. The number of urea groups is 1. The van der Waals surface area contributed by atoms with Crippen LogP contribution in [0, 0.1) is 11.8 Å². The molecule has 1 heterocycles. The number of amides is 2. The van der Waals surface area contributed by atoms with E-state index in [-0.39, 0.29) is 6.03 Å². The van der Waals surface area contributed by atoms with Gasteiger partial charge in [-0.05, 0) is 37.2 Å². The molecule has 1 aromatic heterocycles. The Labute approximate surface area is 149 Å². The van der Waals surface area contributed by atoms with Crippen LogP contribution in [0.4, 0.5) is 10.5 Å². The van der Waals surface area contributed by atoms with Crippen LogP contribution in [0.25, 0.3) is 0 Å². The highest BCUT2D eigenvalue weighted by atomic mass is 16.5. The summed E-state index contributed by atoms with van der Waals surface area (Å²) in [6.07, 6.45) is 10.5. The zero-order valence-electron chi connectivity index (χ0n) is 15.0. The molecule has 2 N–H and O–H groups in total. The molecule has 2 aliphatic carbocycles. The fourth-order valence-corrected chi connectivity index (χ4v) is 4.13. The standard InChI is InChI=1S/C19H29N3O3/c1-24-10-11-25-18-9-8-17(13-20-18)22-19(23)21-16-7-6-14-4-2-3-5-15(14)12-16/h8-9,13-16H,2-7,10-12H2,1H3,(H2,21,22,23)/t14-,15-,16-/m1/s1. The molecule has 0 saturated heterocycles. The highest BCUT2D eigenvalue weighted by Crippen LogP contribution is 2.40. The van der Waals surface area contributed by atoms with Crippen LogP contribution in [0.3, 0.4) is 0 Å². The number of aromatic nitrogens is 1. The normalized spacial score (nSPS) is 25.7. The van der Waals surface area contributed by atoms with Crippen molar-refractivity contribution in [2.24, 2.45) is 11.8 Å². The summed E-state index contributed by atoms with van der Waals surface area (Å²) in [5.74, 6) is 2.22. The number of carbonyl (C=O) groups excluding carboxylic acids is 1. The van der Waals surface area contributed by atoms with Gasteiger partial charge in [-0.1, -0.05) is 25.7 Å². The number of hydrogen-bond acceptors (Lipinski definition) is 4. The number of hydrogen-bond donors (Lipinski definition) is 2. The summed E-state index contributed by atoms with van der Waals surface area (Å²) in [6, 6.07) is 3.70. The number of nitrogens with zero attached hydrogens (tertiary/aromatic N) is 1. The summed E-state index contributed by atoms with van der Waals surface area (Å²) in [4.78, 5) is 16.4. The molecule has 3 rings (SSSR count). The third-order valence-corrected chi connectivity index (χ3v) is 5.41. The lowest BCUT2D eigenvalue weighted by atomic mass is 9.69. The first-order chi connectivity index (χ1) is 12.2. The van der Waals surface area contributed by atoms with E-state index in [1.807, 2.05) is 0 Å². The van der Waals surface area contributed by atoms with Gasteiger partial charge < -0.3 is 20.1 Å². The number of fused-ring (bicyclic) bond motifs is 1. The van der Waals surface area contributed by atoms with Crippen molar-refractivity contribution in [3.63, 3.8) is 0 Å². The number of ether oxygens (including phenoxy) is 2. The molecule has 0 unspecified atom stereocenters. The molecular weight excluding hydrogens is 318 g/mol. The van der Waals surface area contributed by atoms with Crippen molar-refractivity contribution in [1.82, 2.24) is 10.3 Å². The van der Waals surface area contributed by atoms with Crippen molar-refractivity contribution >= 4 is 11.7 Å². The summed E-state index contributed by atoms with van der Waals surface area (Å²) in [5, 5.41) is 5.99. The van der Waals surface area contributed by atoms with Crippen molar-refractivity contribution in [3.8, 4) is 5.88 Å². The van der Waals surface area contributed by atoms with Gasteiger partial charge in [0.15, 0.2) is 0 Å². The minimum absolute atomic E-state index is 0.144. The van der Waals surface area contributed by atoms with Crippen LogP contribution < -0.4 is 15.4 Å². The van der Waals surface area contributed by atoms with E-state index in [2.05, 4.69) is 15.6 Å². The van der Waals surface area contributed by atoms with Gasteiger partial charge in [-0.2, -0.15) is 0 Å². The minimum Gasteiger partial charge on any atom is -0.475 e. The molecule has 0 radical (unpaired) electrons. The smallest absolute Gasteiger partial charge is 0.319 e. The highest BCUT2D eigenvalue weighted by Gasteiger charge is 2.32. The fourth-order valence-electron chi connectivity index (χ4n) is 4.13. The first-order valence-electron chi connectivity index (χ1n) is 9.40. The van der Waals surface area contributed by atoms with Crippen LogP contribution in [0.1, 0.15) is 44.9 Å². The van der Waals surface area contributed by atoms with Crippen molar-refractivity contribution in [2.45, 2.75) is 51.0 Å². The molecule has 2 saturated carbocycles. The Kier molecular flexibility index (Phi) is 6.50. The van der Waals surface area contributed by atoms with Gasteiger partial charge in [0.05, 0.1) is 18.5 Å². The van der Waals surface area contributed by atoms with E-state index in [1.165, 1.54) is 32.1 Å². The Morgan fingerprint density at radius 2 is 2.00 bits per heavy atom. The summed E-state index contributed by atoms with van der Waals surface area (Å²) >= 11 is 0. The number of rotatable bonds is 6. The molecule has 2 aliphatic rings. The molecule has 2 amide bonds. The van der Waals surface area contributed by atoms with Gasteiger partial charge in [-0.3, -0.25) is 0 Å². The number of carbonyl (C=O) groups is 1. The Bertz CT molecular complexity index is 549. The lowest BCUT2D eigenvalue weighted by Gasteiger charge is -2.39. The molecule has 2 fully saturated rings. The molecule has 0 spiro atoms. The molecule has 0 aliphatic heterocycles. The predicted octanol–water partition coefficient (Wildman–Crippen LogP) is 3.59. The van der Waals surface area contributed by atoms with E-state index in [0.717, 1.165) is 24.7 Å². The zero-order valence-corrected chi connectivity index (χ0v) is 15.0. The van der Waals surface area contributed by atoms with E-state index in [9.17, 15) is 4.79 Å². The van der Waals surface area contributed by atoms with Gasteiger partial charge in [0.25, 0.3) is 0 Å². The van der Waals surface area contributed by atoms with Crippen molar-refractivity contribution in [3.05, 3.63) is 18.3 Å². The average Bonchev–Trinajstić information content (AvgIpc) is 2.63. The Hall–Kier alpha value is -1.82. The lowest BCUT2D eigenvalue weighted by molar-refractivity contribution is 0.144. The van der Waals surface area contributed by atoms with E-state index >= 15 is 0 Å². The molecule has 6 nitrogen and oxygen atoms in total. The van der Waals surface area contributed by atoms with E-state index in [0.29, 0.717) is 30.8 Å². The van der Waals surface area contributed by atoms with Crippen LogP contribution in [0.5, 0.6) is 5.88 Å². The maximum Gasteiger partial charge on any atom is 0.319 e. The SMILES string of the molecule is COCCOc1ccc(NC(=O)N[C@@H]2CC[C@H]3CCCC[C@@H]3C2)cn1. The second-order valence-electron chi connectivity index (χ2n) is 7.14. The van der Waals surface area contributed by atoms with Crippen LogP contribution in [-0.2, 0) is 4.74 Å². The van der Waals surface area contributed by atoms with Gasteiger partial charge in [-0.15, -0.1) is 0 Å². The Morgan fingerprint density at radius 1 is 1.16 bits per heavy atom. The fraction of sp³-hybridized carbons (Fsp3) is 0.684. The van der Waals surface area contributed by atoms with Crippen LogP contribution in [0.2, 0.25) is 0 Å². The molecule has 0 bridgehead atoms. The third kappa shape index (κ3) is 5.33. The topological polar surface area (TPSA) is 72.5 Å². The van der Waals surface area contributed by atoms with Gasteiger partial charge in [0.2, 0.25) is 5.88 Å². The van der Waals surface area contributed by atoms with Gasteiger partial charge in [0, 0.05) is 19.2 Å². The molecule has 6 heteroatoms. The number of pyridine rings is 1. The minimum atomic E-state index is -0.144. The molecular formula is C19H29N3O3. The second kappa shape index (κ2) is 9.04. The predicted molar refractivity (Wildman–Crippen MR) is 96.8 cm³/mol. The Morgan fingerprint density at radius 3 is 2.76 bits per heavy atom. The molecule has 138 valence electrons. The molecule has 1 aromatic rings. The van der Waals surface area contributed by atoms with Crippen LogP contribution in [-0.4, -0.2) is 37.4 Å². The number of nitrogens with one attached hydrogen (secondary N) is 2. The maximum atomic E-state index is 12.2. The highest BCUT2D eigenvalue weighted by molar-refractivity contribution is 5.89. The van der Waals surface area contributed by atoms with E-state index in [4.69, 9.17) is 9.47 Å². The lowest BCUT2D eigenvalue weighted by Crippen LogP contribution is -2.43. The quantitative estimate of drug-likeness (QED) is 0.772. The maximum absolute atomic E-state index is 12.2. The first kappa shape index (κ1) is 18.0. The summed E-state index contributed by atoms with van der Waals surface area (Å²) in [7, 11) is 1.63. The second-order valence-corrected chi connectivity index (χ2v) is 7.14. The molecule has 3 atom stereocenters. The molecule has 0 aromatic carbocycles. The average molecular weight is 347 g/mol. The van der Waals surface area contributed by atoms with E-state index in [1.54, 1.807) is 25.4 Å². The van der Waals surface area contributed by atoms with Crippen LogP contribution >= 0.6 is 0 Å². The number of methoxy groups -OCH3 is 1. The van der Waals surface area contributed by atoms with Crippen molar-refractivity contribution < 1.29 is 14.3 Å². The molecule has 25 heavy (non-hydrogen) atoms. The zero-order chi connectivity index (χ0) is 17.5. The van der Waals surface area contributed by atoms with Crippen molar-refractivity contribution in [2.75, 3.05) is 25.6 Å². The summed E-state index contributed by atoms with van der Waals surface area (Å²) < 4.78 is 10.3. The van der Waals surface area contributed by atoms with Gasteiger partial charge in [-0.25, -0.2) is 9.78 Å². The van der Waals surface area contributed by atoms with Crippen LogP contribution in [0.15, 0.2) is 18.3 Å². The first-order valence-corrected chi connectivity index (χ1v) is 9.40. The van der Waals surface area contributed by atoms with Gasteiger partial charge in [0.1, 0.15) is 6.61 Å². The third-order valence-electron chi connectivity index (χ3n) is 5.41. The summed E-state index contributed by atoms with van der Waals surface area (Å²) in [6.45, 7) is 0.980. The van der Waals surface area contributed by atoms with Gasteiger partial charge >= 0.3 is 6.03 Å². The monoisotopic (exact) mass is 347 g/mol. The summed E-state index contributed by atoms with van der Waals surface area (Å²) in [5.41, 5.74) is 0.669.